The van der Waals surface area contributed by atoms with Gasteiger partial charge in [-0.25, -0.2) is 18.4 Å². The maximum Gasteiger partial charge on any atom is 0.280 e. The zero-order valence-electron chi connectivity index (χ0n) is 21.1. The third kappa shape index (κ3) is 5.77. The smallest absolute Gasteiger partial charge is 0.280 e. The van der Waals surface area contributed by atoms with Gasteiger partial charge in [0, 0.05) is 18.0 Å². The summed E-state index contributed by atoms with van der Waals surface area (Å²) in [5, 5.41) is 0.633. The van der Waals surface area contributed by atoms with E-state index >= 15 is 0 Å². The van der Waals surface area contributed by atoms with Crippen LogP contribution in [0.15, 0.2) is 65.5 Å². The normalized spacial score (nSPS) is 11.7. The van der Waals surface area contributed by atoms with E-state index in [9.17, 15) is 18.4 Å². The quantitative estimate of drug-likeness (QED) is 0.284. The SMILES string of the molecule is C#CCC(c1nc2cc(Cl)ccc2c(=O)n1Nc1ccccc1)N(CCCN)C(=O)c1ccc(C)c(F)c1F. The highest BCUT2D eigenvalue weighted by molar-refractivity contribution is 6.31. The molecule has 0 aliphatic rings. The highest BCUT2D eigenvalue weighted by Gasteiger charge is 2.32. The molecule has 0 bridgehead atoms. The van der Waals surface area contributed by atoms with E-state index in [2.05, 4.69) is 11.3 Å². The van der Waals surface area contributed by atoms with E-state index < -0.39 is 34.7 Å². The number of anilines is 1. The molecule has 3 aromatic carbocycles. The van der Waals surface area contributed by atoms with E-state index in [-0.39, 0.29) is 41.8 Å². The lowest BCUT2D eigenvalue weighted by atomic mass is 10.1. The van der Waals surface area contributed by atoms with Crippen molar-refractivity contribution in [1.82, 2.24) is 14.6 Å². The lowest BCUT2D eigenvalue weighted by molar-refractivity contribution is 0.0660. The third-order valence-electron chi connectivity index (χ3n) is 6.23. The summed E-state index contributed by atoms with van der Waals surface area (Å²) in [6.45, 7) is 1.66. The minimum atomic E-state index is -1.27. The number of nitrogens with two attached hydrogens (primary N) is 1. The molecule has 0 aliphatic heterocycles. The van der Waals surface area contributed by atoms with Gasteiger partial charge in [-0.1, -0.05) is 35.9 Å². The Morgan fingerprint density at radius 2 is 1.92 bits per heavy atom. The van der Waals surface area contributed by atoms with E-state index in [1.165, 1.54) is 34.7 Å². The van der Waals surface area contributed by atoms with Crippen molar-refractivity contribution in [3.05, 3.63) is 105 Å². The van der Waals surface area contributed by atoms with Gasteiger partial charge in [-0.05, 0) is 61.9 Å². The summed E-state index contributed by atoms with van der Waals surface area (Å²) in [5.74, 6) is -0.573. The Balaban J connectivity index is 1.95. The second kappa shape index (κ2) is 12.1. The molecule has 1 atom stereocenters. The van der Waals surface area contributed by atoms with Crippen molar-refractivity contribution in [2.45, 2.75) is 25.8 Å². The first-order valence-electron chi connectivity index (χ1n) is 12.2. The number of aryl methyl sites for hydroxylation is 1. The van der Waals surface area contributed by atoms with Gasteiger partial charge >= 0.3 is 0 Å². The molecule has 39 heavy (non-hydrogen) atoms. The van der Waals surface area contributed by atoms with Gasteiger partial charge in [0.15, 0.2) is 17.5 Å². The first-order chi connectivity index (χ1) is 18.8. The number of halogens is 3. The fourth-order valence-corrected chi connectivity index (χ4v) is 4.39. The number of aromatic nitrogens is 2. The Labute approximate surface area is 229 Å². The Morgan fingerprint density at radius 1 is 1.18 bits per heavy atom. The van der Waals surface area contributed by atoms with Gasteiger partial charge < -0.3 is 10.6 Å². The number of hydrogen-bond acceptors (Lipinski definition) is 5. The van der Waals surface area contributed by atoms with E-state index in [0.29, 0.717) is 17.1 Å². The maximum atomic E-state index is 14.9. The number of benzene rings is 3. The molecular weight excluding hydrogens is 524 g/mol. The minimum Gasteiger partial charge on any atom is -0.330 e. The zero-order valence-corrected chi connectivity index (χ0v) is 21.9. The van der Waals surface area contributed by atoms with Gasteiger partial charge in [-0.15, -0.1) is 12.3 Å². The molecule has 0 saturated carbocycles. The average Bonchev–Trinajstić information content (AvgIpc) is 2.93. The number of hydrogen-bond donors (Lipinski definition) is 2. The molecule has 0 radical (unpaired) electrons. The maximum absolute atomic E-state index is 14.9. The number of nitrogens with zero attached hydrogens (tertiary/aromatic N) is 3. The van der Waals surface area contributed by atoms with Gasteiger partial charge in [0.1, 0.15) is 6.04 Å². The lowest BCUT2D eigenvalue weighted by Gasteiger charge is -2.32. The summed E-state index contributed by atoms with van der Waals surface area (Å²) in [7, 11) is 0. The van der Waals surface area contributed by atoms with Gasteiger partial charge in [0.25, 0.3) is 11.5 Å². The minimum absolute atomic E-state index is 0.0470. The number of rotatable bonds is 9. The number of fused-ring (bicyclic) bond motifs is 1. The standard InChI is InChI=1S/C29H26ClF2N5O2/c1-3-8-24(36(16-7-15-33)28(38)22-13-11-18(2)25(31)26(22)32)27-34-23-17-19(30)12-14-21(23)29(39)37(27)35-20-9-5-4-6-10-20/h1,4-6,9-14,17,24,35H,7-8,15-16,33H2,2H3. The monoisotopic (exact) mass is 549 g/mol. The van der Waals surface area contributed by atoms with Crippen LogP contribution in [-0.4, -0.2) is 33.6 Å². The van der Waals surface area contributed by atoms with Crippen LogP contribution in [0, 0.1) is 30.9 Å². The van der Waals surface area contributed by atoms with Gasteiger partial charge in [-0.3, -0.25) is 15.0 Å². The largest absolute Gasteiger partial charge is 0.330 e. The van der Waals surface area contributed by atoms with E-state index in [1.807, 2.05) is 6.07 Å². The molecule has 1 aromatic heterocycles. The summed E-state index contributed by atoms with van der Waals surface area (Å²) in [4.78, 5) is 33.4. The van der Waals surface area contributed by atoms with Crippen LogP contribution in [0.4, 0.5) is 14.5 Å². The van der Waals surface area contributed by atoms with Crippen LogP contribution >= 0.6 is 11.6 Å². The molecule has 1 amide bonds. The van der Waals surface area contributed by atoms with Crippen LogP contribution in [-0.2, 0) is 0 Å². The van der Waals surface area contributed by atoms with E-state index in [1.54, 1.807) is 36.4 Å². The predicted molar refractivity (Wildman–Crippen MR) is 148 cm³/mol. The molecule has 1 unspecified atom stereocenters. The summed E-state index contributed by atoms with van der Waals surface area (Å²) >= 11 is 6.19. The Morgan fingerprint density at radius 3 is 2.62 bits per heavy atom. The molecule has 0 saturated heterocycles. The third-order valence-corrected chi connectivity index (χ3v) is 6.46. The van der Waals surface area contributed by atoms with Crippen LogP contribution in [0.5, 0.6) is 0 Å². The van der Waals surface area contributed by atoms with Crippen LogP contribution in [0.2, 0.25) is 5.02 Å². The van der Waals surface area contributed by atoms with Gasteiger partial charge in [0.05, 0.1) is 22.2 Å². The summed E-state index contributed by atoms with van der Waals surface area (Å²) in [6, 6.07) is 15.1. The molecule has 7 nitrogen and oxygen atoms in total. The molecule has 0 spiro atoms. The number of amides is 1. The highest BCUT2D eigenvalue weighted by Crippen LogP contribution is 2.28. The van der Waals surface area contributed by atoms with Crippen molar-refractivity contribution < 1.29 is 13.6 Å². The molecular formula is C29H26ClF2N5O2. The Bertz CT molecular complexity index is 1620. The molecule has 10 heteroatoms. The van der Waals surface area contributed by atoms with E-state index in [0.717, 1.165) is 0 Å². The second-order valence-electron chi connectivity index (χ2n) is 8.87. The van der Waals surface area contributed by atoms with Crippen LogP contribution < -0.4 is 16.7 Å². The molecule has 4 rings (SSSR count). The summed E-state index contributed by atoms with van der Waals surface area (Å²) in [5.41, 5.74) is 8.78. The topological polar surface area (TPSA) is 93.2 Å². The van der Waals surface area contributed by atoms with Crippen molar-refractivity contribution in [2.75, 3.05) is 18.5 Å². The van der Waals surface area contributed by atoms with Crippen LogP contribution in [0.3, 0.4) is 0 Å². The number of carbonyl (C=O) groups excluding carboxylic acids is 1. The van der Waals surface area contributed by atoms with Crippen LogP contribution in [0.1, 0.15) is 40.6 Å². The Hall–Kier alpha value is -4.26. The van der Waals surface area contributed by atoms with Crippen molar-refractivity contribution in [1.29, 1.82) is 0 Å². The predicted octanol–water partition coefficient (Wildman–Crippen LogP) is 5.07. The van der Waals surface area contributed by atoms with Gasteiger partial charge in [-0.2, -0.15) is 0 Å². The number of nitrogens with one attached hydrogen (secondary N) is 1. The molecule has 4 aromatic rings. The number of para-hydroxylation sites is 1. The van der Waals surface area contributed by atoms with Crippen LogP contribution in [0.25, 0.3) is 10.9 Å². The Kier molecular flexibility index (Phi) is 8.59. The van der Waals surface area contributed by atoms with Crippen molar-refractivity contribution in [3.63, 3.8) is 0 Å². The number of carbonyl (C=O) groups is 1. The summed E-state index contributed by atoms with van der Waals surface area (Å²) < 4.78 is 30.6. The first-order valence-corrected chi connectivity index (χ1v) is 12.6. The first kappa shape index (κ1) is 27.8. The number of terminal acetylenes is 1. The molecule has 200 valence electrons. The molecule has 0 aliphatic carbocycles. The fourth-order valence-electron chi connectivity index (χ4n) is 4.23. The van der Waals surface area contributed by atoms with Crippen molar-refractivity contribution >= 4 is 34.1 Å². The highest BCUT2D eigenvalue weighted by atomic mass is 35.5. The second-order valence-corrected chi connectivity index (χ2v) is 9.31. The molecule has 1 heterocycles. The van der Waals surface area contributed by atoms with Crippen molar-refractivity contribution in [3.8, 4) is 12.3 Å². The lowest BCUT2D eigenvalue weighted by Crippen LogP contribution is -2.41. The summed E-state index contributed by atoms with van der Waals surface area (Å²) in [6.07, 6.45) is 5.97. The molecule has 3 N–H and O–H groups in total. The fraction of sp³-hybridized carbons (Fsp3) is 0.207. The van der Waals surface area contributed by atoms with Crippen molar-refractivity contribution in [2.24, 2.45) is 5.73 Å². The van der Waals surface area contributed by atoms with Gasteiger partial charge in [0.2, 0.25) is 0 Å². The average molecular weight is 550 g/mol. The molecule has 0 fully saturated rings. The van der Waals surface area contributed by atoms with E-state index in [4.69, 9.17) is 28.7 Å². The zero-order chi connectivity index (χ0) is 28.1.